The Morgan fingerprint density at radius 3 is 2.14 bits per heavy atom. The van der Waals surface area contributed by atoms with Gasteiger partial charge in [-0.25, -0.2) is 12.8 Å². The van der Waals surface area contributed by atoms with Gasteiger partial charge < -0.3 is 10.2 Å². The second kappa shape index (κ2) is 14.5. The zero-order valence-corrected chi connectivity index (χ0v) is 26.4. The molecule has 4 aromatic carbocycles. The van der Waals surface area contributed by atoms with Gasteiger partial charge in [-0.3, -0.25) is 13.9 Å². The molecule has 1 N–H and O–H groups in total. The molecule has 0 unspecified atom stereocenters. The molecule has 10 heteroatoms. The van der Waals surface area contributed by atoms with Crippen LogP contribution in [-0.2, 0) is 32.6 Å². The fourth-order valence-corrected chi connectivity index (χ4v) is 6.31. The second-order valence-electron chi connectivity index (χ2n) is 10.5. The molecular weight excluding hydrogens is 601 g/mol. The number of amides is 2. The Labute approximate surface area is 263 Å². The zero-order valence-electron chi connectivity index (χ0n) is 24.8. The van der Waals surface area contributed by atoms with E-state index in [4.69, 9.17) is 11.6 Å². The molecule has 230 valence electrons. The molecule has 4 aromatic rings. The van der Waals surface area contributed by atoms with E-state index < -0.39 is 34.3 Å². The molecule has 4 rings (SSSR count). The second-order valence-corrected chi connectivity index (χ2v) is 12.8. The first-order valence-corrected chi connectivity index (χ1v) is 16.0. The van der Waals surface area contributed by atoms with Crippen LogP contribution in [0.5, 0.6) is 0 Å². The van der Waals surface area contributed by atoms with Crippen LogP contribution in [0.25, 0.3) is 0 Å². The van der Waals surface area contributed by atoms with Crippen LogP contribution in [0.15, 0.2) is 102 Å². The van der Waals surface area contributed by atoms with E-state index in [-0.39, 0.29) is 23.8 Å². The van der Waals surface area contributed by atoms with Crippen molar-refractivity contribution in [3.8, 4) is 0 Å². The molecule has 44 heavy (non-hydrogen) atoms. The number of halogens is 2. The molecule has 2 amide bonds. The smallest absolute Gasteiger partial charge is 0.264 e. The molecule has 0 aromatic heterocycles. The van der Waals surface area contributed by atoms with Gasteiger partial charge in [-0.15, -0.1) is 0 Å². The number of carbonyl (C=O) groups excluding carboxylic acids is 2. The first kappa shape index (κ1) is 32.7. The molecule has 0 aliphatic carbocycles. The van der Waals surface area contributed by atoms with Crippen LogP contribution in [-0.4, -0.2) is 44.3 Å². The molecule has 0 saturated heterocycles. The molecule has 0 aliphatic rings. The minimum absolute atomic E-state index is 0.0393. The van der Waals surface area contributed by atoms with E-state index in [2.05, 4.69) is 5.32 Å². The molecule has 0 heterocycles. The highest BCUT2D eigenvalue weighted by atomic mass is 35.5. The van der Waals surface area contributed by atoms with Crippen molar-refractivity contribution < 1.29 is 22.4 Å². The van der Waals surface area contributed by atoms with Crippen LogP contribution in [0.3, 0.4) is 0 Å². The van der Waals surface area contributed by atoms with Crippen molar-refractivity contribution in [3.63, 3.8) is 0 Å². The number of nitrogens with one attached hydrogen (secondary N) is 1. The highest BCUT2D eigenvalue weighted by molar-refractivity contribution is 7.92. The number of aryl methyl sites for hydroxylation is 2. The predicted octanol–water partition coefficient (Wildman–Crippen LogP) is 6.07. The summed E-state index contributed by atoms with van der Waals surface area (Å²) in [4.78, 5) is 29.2. The molecule has 0 bridgehead atoms. The summed E-state index contributed by atoms with van der Waals surface area (Å²) < 4.78 is 43.0. The fraction of sp³-hybridized carbons (Fsp3) is 0.235. The van der Waals surface area contributed by atoms with Crippen molar-refractivity contribution in [3.05, 3.63) is 130 Å². The van der Waals surface area contributed by atoms with Crippen molar-refractivity contribution in [2.24, 2.45) is 0 Å². The lowest BCUT2D eigenvalue weighted by molar-refractivity contribution is -0.140. The number of hydrogen-bond acceptors (Lipinski definition) is 4. The highest BCUT2D eigenvalue weighted by Gasteiger charge is 2.34. The molecule has 7 nitrogen and oxygen atoms in total. The quantitative estimate of drug-likeness (QED) is 0.205. The number of benzene rings is 4. The van der Waals surface area contributed by atoms with Crippen molar-refractivity contribution >= 4 is 39.1 Å². The van der Waals surface area contributed by atoms with E-state index in [0.717, 1.165) is 21.0 Å². The number of nitrogens with zero attached hydrogens (tertiary/aromatic N) is 2. The van der Waals surface area contributed by atoms with Crippen molar-refractivity contribution in [1.29, 1.82) is 0 Å². The summed E-state index contributed by atoms with van der Waals surface area (Å²) in [5.41, 5.74) is 3.51. The average molecular weight is 636 g/mol. The number of sulfonamides is 1. The summed E-state index contributed by atoms with van der Waals surface area (Å²) in [7, 11) is -4.25. The van der Waals surface area contributed by atoms with E-state index in [0.29, 0.717) is 22.8 Å². The largest absolute Gasteiger partial charge is 0.355 e. The lowest BCUT2D eigenvalue weighted by atomic mass is 10.0. The first-order chi connectivity index (χ1) is 21.0. The number of hydrogen-bond donors (Lipinski definition) is 1. The van der Waals surface area contributed by atoms with Crippen molar-refractivity contribution in [2.45, 2.75) is 44.7 Å². The van der Waals surface area contributed by atoms with Crippen LogP contribution in [0.4, 0.5) is 10.1 Å². The molecule has 0 radical (unpaired) electrons. The molecule has 1 atom stereocenters. The normalized spacial score (nSPS) is 11.9. The summed E-state index contributed by atoms with van der Waals surface area (Å²) in [6, 6.07) is 24.8. The molecule has 0 spiro atoms. The minimum atomic E-state index is -4.25. The Balaban J connectivity index is 1.81. The Morgan fingerprint density at radius 1 is 0.864 bits per heavy atom. The maximum Gasteiger partial charge on any atom is 0.264 e. The summed E-state index contributed by atoms with van der Waals surface area (Å²) in [5.74, 6) is -1.42. The van der Waals surface area contributed by atoms with Crippen LogP contribution in [0.2, 0.25) is 5.02 Å². The van der Waals surface area contributed by atoms with Crippen LogP contribution < -0.4 is 9.62 Å². The van der Waals surface area contributed by atoms with E-state index in [1.807, 2.05) is 44.2 Å². The van der Waals surface area contributed by atoms with Gasteiger partial charge in [0.05, 0.1) is 10.6 Å². The average Bonchev–Trinajstić information content (AvgIpc) is 3.00. The van der Waals surface area contributed by atoms with Gasteiger partial charge >= 0.3 is 0 Å². The summed E-state index contributed by atoms with van der Waals surface area (Å²) >= 11 is 6.04. The Morgan fingerprint density at radius 2 is 1.52 bits per heavy atom. The van der Waals surface area contributed by atoms with Crippen LogP contribution in [0.1, 0.15) is 29.2 Å². The van der Waals surface area contributed by atoms with E-state index in [1.54, 1.807) is 37.3 Å². The van der Waals surface area contributed by atoms with E-state index in [1.165, 1.54) is 41.3 Å². The van der Waals surface area contributed by atoms with E-state index >= 15 is 0 Å². The third-order valence-corrected chi connectivity index (χ3v) is 9.39. The SMILES string of the molecule is CCNC(=O)[C@@H](Cc1ccccc1)N(Cc1ccc(F)cc1)C(=O)CN(c1ccc(C)c(C)c1)S(=O)(=O)c1ccc(Cl)cc1. The van der Waals surface area contributed by atoms with Crippen LogP contribution in [0, 0.1) is 19.7 Å². The van der Waals surface area contributed by atoms with Crippen LogP contribution >= 0.6 is 11.6 Å². The van der Waals surface area contributed by atoms with Crippen molar-refractivity contribution in [2.75, 3.05) is 17.4 Å². The van der Waals surface area contributed by atoms with Gasteiger partial charge in [-0.1, -0.05) is 60.1 Å². The van der Waals surface area contributed by atoms with Gasteiger partial charge in [0, 0.05) is 24.5 Å². The molecule has 0 fully saturated rings. The van der Waals surface area contributed by atoms with Gasteiger partial charge in [-0.05, 0) is 91.6 Å². The van der Waals surface area contributed by atoms with Gasteiger partial charge in [0.25, 0.3) is 10.0 Å². The zero-order chi connectivity index (χ0) is 31.9. The maximum absolute atomic E-state index is 14.4. The monoisotopic (exact) mass is 635 g/mol. The summed E-state index contributed by atoms with van der Waals surface area (Å²) in [5, 5.41) is 3.19. The maximum atomic E-state index is 14.4. The highest BCUT2D eigenvalue weighted by Crippen LogP contribution is 2.27. The minimum Gasteiger partial charge on any atom is -0.355 e. The molecule has 0 saturated carbocycles. The Hall–Kier alpha value is -4.21. The fourth-order valence-electron chi connectivity index (χ4n) is 4.78. The third-order valence-electron chi connectivity index (χ3n) is 7.35. The predicted molar refractivity (Wildman–Crippen MR) is 171 cm³/mol. The summed E-state index contributed by atoms with van der Waals surface area (Å²) in [6.45, 7) is 5.26. The topological polar surface area (TPSA) is 86.8 Å². The Bertz CT molecular complexity index is 1700. The number of likely N-dealkylation sites (N-methyl/N-ethyl adjacent to an activating group) is 1. The van der Waals surface area contributed by atoms with Gasteiger partial charge in [0.1, 0.15) is 18.4 Å². The van der Waals surface area contributed by atoms with Crippen molar-refractivity contribution in [1.82, 2.24) is 10.2 Å². The summed E-state index contributed by atoms with van der Waals surface area (Å²) in [6.07, 6.45) is 0.188. The first-order valence-electron chi connectivity index (χ1n) is 14.2. The Kier molecular flexibility index (Phi) is 10.8. The molecular formula is C34H35ClFN3O4S. The number of rotatable bonds is 12. The lowest BCUT2D eigenvalue weighted by Gasteiger charge is -2.34. The lowest BCUT2D eigenvalue weighted by Crippen LogP contribution is -2.53. The van der Waals surface area contributed by atoms with Gasteiger partial charge in [0.2, 0.25) is 11.8 Å². The van der Waals surface area contributed by atoms with Gasteiger partial charge in [-0.2, -0.15) is 0 Å². The number of anilines is 1. The number of carbonyl (C=O) groups is 2. The van der Waals surface area contributed by atoms with E-state index in [9.17, 15) is 22.4 Å². The van der Waals surface area contributed by atoms with Gasteiger partial charge in [0.15, 0.2) is 0 Å². The standard InChI is InChI=1S/C34H35ClFN3O4S/c1-4-37-34(41)32(21-26-8-6-5-7-9-26)38(22-27-11-15-29(36)16-12-27)33(40)23-39(30-17-10-24(2)25(3)20-30)44(42,43)31-18-13-28(35)14-19-31/h5-20,32H,4,21-23H2,1-3H3,(H,37,41)/t32-/m1/s1. The third kappa shape index (κ3) is 8.03. The molecule has 0 aliphatic heterocycles.